The maximum atomic E-state index is 12.1. The molecule has 102 valence electrons. The fourth-order valence-electron chi connectivity index (χ4n) is 1.93. The van der Waals surface area contributed by atoms with Crippen molar-refractivity contribution in [1.29, 1.82) is 0 Å². The fraction of sp³-hybridized carbons (Fsp3) is 0.133. The quantitative estimate of drug-likeness (QED) is 0.685. The number of anilines is 1. The zero-order valence-corrected chi connectivity index (χ0v) is 11.2. The summed E-state index contributed by atoms with van der Waals surface area (Å²) >= 11 is 0. The van der Waals surface area contributed by atoms with E-state index in [2.05, 4.69) is 5.32 Å². The summed E-state index contributed by atoms with van der Waals surface area (Å²) in [5.74, 6) is -0.284. The van der Waals surface area contributed by atoms with Gasteiger partial charge in [0.2, 0.25) is 0 Å². The van der Waals surface area contributed by atoms with E-state index in [1.54, 1.807) is 13.0 Å². The molecule has 5 nitrogen and oxygen atoms in total. The van der Waals surface area contributed by atoms with Gasteiger partial charge in [0.1, 0.15) is 0 Å². The van der Waals surface area contributed by atoms with E-state index in [0.29, 0.717) is 16.8 Å². The third-order valence-electron chi connectivity index (χ3n) is 2.93. The Balaban J connectivity index is 2.22. The average Bonchev–Trinajstić information content (AvgIpc) is 2.38. The van der Waals surface area contributed by atoms with Crippen LogP contribution >= 0.6 is 0 Å². The van der Waals surface area contributed by atoms with E-state index in [1.807, 2.05) is 25.1 Å². The zero-order chi connectivity index (χ0) is 14.7. The van der Waals surface area contributed by atoms with Gasteiger partial charge in [-0.25, -0.2) is 0 Å². The maximum Gasteiger partial charge on any atom is 0.272 e. The standard InChI is InChI=1S/C15H14N2O3/c1-10-4-3-5-13(8-10)16-15(18)12-6-7-14(17(19)20)11(2)9-12/h3-9H,1-2H3,(H,16,18). The first-order valence-electron chi connectivity index (χ1n) is 6.10. The van der Waals surface area contributed by atoms with Gasteiger partial charge in [0.05, 0.1) is 4.92 Å². The molecule has 0 aromatic heterocycles. The monoisotopic (exact) mass is 270 g/mol. The van der Waals surface area contributed by atoms with Crippen molar-refractivity contribution in [2.75, 3.05) is 5.32 Å². The van der Waals surface area contributed by atoms with Crippen molar-refractivity contribution in [2.45, 2.75) is 13.8 Å². The third kappa shape index (κ3) is 3.00. The topological polar surface area (TPSA) is 72.2 Å². The molecular formula is C15H14N2O3. The van der Waals surface area contributed by atoms with Crippen LogP contribution in [0.1, 0.15) is 21.5 Å². The largest absolute Gasteiger partial charge is 0.322 e. The third-order valence-corrected chi connectivity index (χ3v) is 2.93. The number of hydrogen-bond acceptors (Lipinski definition) is 3. The summed E-state index contributed by atoms with van der Waals surface area (Å²) in [7, 11) is 0. The molecule has 0 aliphatic rings. The van der Waals surface area contributed by atoms with E-state index < -0.39 is 4.92 Å². The highest BCUT2D eigenvalue weighted by molar-refractivity contribution is 6.04. The summed E-state index contributed by atoms with van der Waals surface area (Å²) < 4.78 is 0. The second-order valence-electron chi connectivity index (χ2n) is 4.58. The lowest BCUT2D eigenvalue weighted by atomic mass is 10.1. The summed E-state index contributed by atoms with van der Waals surface area (Å²) in [6.45, 7) is 3.55. The number of nitrogens with zero attached hydrogens (tertiary/aromatic N) is 1. The van der Waals surface area contributed by atoms with Gasteiger partial charge >= 0.3 is 0 Å². The Kier molecular flexibility index (Phi) is 3.79. The predicted molar refractivity (Wildman–Crippen MR) is 77.0 cm³/mol. The molecule has 0 aliphatic carbocycles. The molecule has 0 heterocycles. The van der Waals surface area contributed by atoms with Crippen LogP contribution in [-0.4, -0.2) is 10.8 Å². The zero-order valence-electron chi connectivity index (χ0n) is 11.2. The summed E-state index contributed by atoms with van der Waals surface area (Å²) in [6.07, 6.45) is 0. The summed E-state index contributed by atoms with van der Waals surface area (Å²) in [6, 6.07) is 11.8. The van der Waals surface area contributed by atoms with E-state index in [9.17, 15) is 14.9 Å². The Bertz CT molecular complexity index is 681. The molecule has 0 radical (unpaired) electrons. The highest BCUT2D eigenvalue weighted by Gasteiger charge is 2.13. The van der Waals surface area contributed by atoms with Crippen molar-refractivity contribution in [2.24, 2.45) is 0 Å². The highest BCUT2D eigenvalue weighted by Crippen LogP contribution is 2.19. The Morgan fingerprint density at radius 3 is 2.50 bits per heavy atom. The van der Waals surface area contributed by atoms with Gasteiger partial charge in [0, 0.05) is 22.9 Å². The fourth-order valence-corrected chi connectivity index (χ4v) is 1.93. The molecule has 1 amide bonds. The minimum Gasteiger partial charge on any atom is -0.322 e. The van der Waals surface area contributed by atoms with Crippen LogP contribution in [-0.2, 0) is 0 Å². The average molecular weight is 270 g/mol. The van der Waals surface area contributed by atoms with Crippen molar-refractivity contribution in [1.82, 2.24) is 0 Å². The van der Waals surface area contributed by atoms with Crippen LogP contribution in [0.15, 0.2) is 42.5 Å². The SMILES string of the molecule is Cc1cccc(NC(=O)c2ccc([N+](=O)[O-])c(C)c2)c1. The molecule has 0 saturated heterocycles. The normalized spacial score (nSPS) is 10.1. The molecule has 0 aliphatic heterocycles. The lowest BCUT2D eigenvalue weighted by Gasteiger charge is -2.07. The molecular weight excluding hydrogens is 256 g/mol. The Morgan fingerprint density at radius 2 is 1.90 bits per heavy atom. The number of hydrogen-bond donors (Lipinski definition) is 1. The smallest absolute Gasteiger partial charge is 0.272 e. The molecule has 0 spiro atoms. The number of rotatable bonds is 3. The molecule has 0 saturated carbocycles. The lowest BCUT2D eigenvalue weighted by Crippen LogP contribution is -2.12. The van der Waals surface area contributed by atoms with Crippen molar-refractivity contribution >= 4 is 17.3 Å². The van der Waals surface area contributed by atoms with Gasteiger partial charge in [0.15, 0.2) is 0 Å². The molecule has 2 rings (SSSR count). The second kappa shape index (κ2) is 5.52. The number of nitro groups is 1. The van der Waals surface area contributed by atoms with Crippen LogP contribution in [0.3, 0.4) is 0 Å². The minimum atomic E-state index is -0.461. The molecule has 0 fully saturated rings. The van der Waals surface area contributed by atoms with E-state index in [4.69, 9.17) is 0 Å². The summed E-state index contributed by atoms with van der Waals surface area (Å²) in [5.41, 5.74) is 2.62. The van der Waals surface area contributed by atoms with Crippen LogP contribution in [0.25, 0.3) is 0 Å². The minimum absolute atomic E-state index is 0.0112. The van der Waals surface area contributed by atoms with Crippen LogP contribution in [0.5, 0.6) is 0 Å². The molecule has 2 aromatic rings. The van der Waals surface area contributed by atoms with Crippen LogP contribution in [0, 0.1) is 24.0 Å². The van der Waals surface area contributed by atoms with Crippen molar-refractivity contribution in [3.05, 3.63) is 69.3 Å². The molecule has 5 heteroatoms. The van der Waals surface area contributed by atoms with Crippen molar-refractivity contribution in [3.8, 4) is 0 Å². The van der Waals surface area contributed by atoms with Gasteiger partial charge < -0.3 is 5.32 Å². The molecule has 1 N–H and O–H groups in total. The first kappa shape index (κ1) is 13.7. The van der Waals surface area contributed by atoms with Crippen molar-refractivity contribution in [3.63, 3.8) is 0 Å². The number of carbonyl (C=O) groups is 1. The Labute approximate surface area is 116 Å². The molecule has 0 atom stereocenters. The predicted octanol–water partition coefficient (Wildman–Crippen LogP) is 3.46. The van der Waals surface area contributed by atoms with E-state index >= 15 is 0 Å². The number of nitrogens with one attached hydrogen (secondary N) is 1. The number of aryl methyl sites for hydroxylation is 2. The molecule has 20 heavy (non-hydrogen) atoms. The first-order chi connectivity index (χ1) is 9.47. The van der Waals surface area contributed by atoms with Crippen LogP contribution in [0.2, 0.25) is 0 Å². The number of nitro benzene ring substituents is 1. The van der Waals surface area contributed by atoms with Crippen LogP contribution < -0.4 is 5.32 Å². The van der Waals surface area contributed by atoms with E-state index in [-0.39, 0.29) is 11.6 Å². The number of benzene rings is 2. The van der Waals surface area contributed by atoms with E-state index in [0.717, 1.165) is 5.56 Å². The van der Waals surface area contributed by atoms with Gasteiger partial charge in [-0.3, -0.25) is 14.9 Å². The number of amides is 1. The summed E-state index contributed by atoms with van der Waals surface area (Å²) in [4.78, 5) is 22.4. The summed E-state index contributed by atoms with van der Waals surface area (Å²) in [5, 5.41) is 13.5. The maximum absolute atomic E-state index is 12.1. The molecule has 0 bridgehead atoms. The van der Waals surface area contributed by atoms with E-state index in [1.165, 1.54) is 18.2 Å². The van der Waals surface area contributed by atoms with Crippen molar-refractivity contribution < 1.29 is 9.72 Å². The van der Waals surface area contributed by atoms with Gasteiger partial charge in [-0.05, 0) is 43.7 Å². The van der Waals surface area contributed by atoms with Gasteiger partial charge in [0.25, 0.3) is 11.6 Å². The highest BCUT2D eigenvalue weighted by atomic mass is 16.6. The first-order valence-corrected chi connectivity index (χ1v) is 6.10. The molecule has 0 unspecified atom stereocenters. The second-order valence-corrected chi connectivity index (χ2v) is 4.58. The molecule has 2 aromatic carbocycles. The number of carbonyl (C=O) groups excluding carboxylic acids is 1. The van der Waals surface area contributed by atoms with Gasteiger partial charge in [-0.15, -0.1) is 0 Å². The lowest BCUT2D eigenvalue weighted by molar-refractivity contribution is -0.385. The van der Waals surface area contributed by atoms with Gasteiger partial charge in [-0.2, -0.15) is 0 Å². The Hall–Kier alpha value is -2.69. The van der Waals surface area contributed by atoms with Gasteiger partial charge in [-0.1, -0.05) is 12.1 Å². The van der Waals surface area contributed by atoms with Crippen LogP contribution in [0.4, 0.5) is 11.4 Å². The Morgan fingerprint density at radius 1 is 1.15 bits per heavy atom.